The second-order valence-corrected chi connectivity index (χ2v) is 5.87. The Labute approximate surface area is 113 Å². The van der Waals surface area contributed by atoms with Gasteiger partial charge < -0.3 is 20.4 Å². The maximum atomic E-state index is 12.0. The number of aliphatic hydroxyl groups excluding tert-OH is 1. The molecule has 0 saturated heterocycles. The second-order valence-electron chi connectivity index (χ2n) is 5.87. The van der Waals surface area contributed by atoms with E-state index < -0.39 is 11.5 Å². The average molecular weight is 272 g/mol. The van der Waals surface area contributed by atoms with Crippen LogP contribution in [0.2, 0.25) is 0 Å². The van der Waals surface area contributed by atoms with Crippen LogP contribution >= 0.6 is 0 Å². The molecule has 3 N–H and O–H groups in total. The van der Waals surface area contributed by atoms with Gasteiger partial charge in [0.05, 0.1) is 18.1 Å². The van der Waals surface area contributed by atoms with Crippen LogP contribution in [0.1, 0.15) is 39.5 Å². The van der Waals surface area contributed by atoms with Gasteiger partial charge in [0.1, 0.15) is 0 Å². The number of carbonyl (C=O) groups excluding carboxylic acids is 1. The smallest absolute Gasteiger partial charge is 0.317 e. The first-order chi connectivity index (χ1) is 8.77. The number of urea groups is 1. The Kier molecular flexibility index (Phi) is 5.17. The molecule has 1 saturated carbocycles. The van der Waals surface area contributed by atoms with Gasteiger partial charge in [-0.25, -0.2) is 4.79 Å². The molecule has 2 amide bonds. The number of hydrogen-bond acceptors (Lipinski definition) is 3. The molecule has 19 heavy (non-hydrogen) atoms. The Bertz CT molecular complexity index is 336. The van der Waals surface area contributed by atoms with Crippen molar-refractivity contribution in [2.24, 2.45) is 5.92 Å². The molecule has 6 nitrogen and oxygen atoms in total. The monoisotopic (exact) mass is 272 g/mol. The average Bonchev–Trinajstić information content (AvgIpc) is 2.38. The van der Waals surface area contributed by atoms with Gasteiger partial charge in [-0.15, -0.1) is 0 Å². The highest BCUT2D eigenvalue weighted by atomic mass is 16.4. The SMILES string of the molecule is CN(C(=O)NC1CCC(C(=O)O)CC1)C(C)(C)CO. The predicted octanol–water partition coefficient (Wildman–Crippen LogP) is 1.04. The van der Waals surface area contributed by atoms with E-state index in [2.05, 4.69) is 5.32 Å². The van der Waals surface area contributed by atoms with Crippen LogP contribution in [0.4, 0.5) is 4.79 Å². The van der Waals surface area contributed by atoms with Gasteiger partial charge in [-0.1, -0.05) is 0 Å². The summed E-state index contributed by atoms with van der Waals surface area (Å²) in [5, 5.41) is 21.0. The first-order valence-electron chi connectivity index (χ1n) is 6.66. The molecule has 1 aliphatic rings. The van der Waals surface area contributed by atoms with E-state index in [4.69, 9.17) is 5.11 Å². The van der Waals surface area contributed by atoms with Crippen LogP contribution in [-0.4, -0.2) is 52.3 Å². The van der Waals surface area contributed by atoms with Crippen LogP contribution in [-0.2, 0) is 4.79 Å². The van der Waals surface area contributed by atoms with Gasteiger partial charge in [0.2, 0.25) is 0 Å². The summed E-state index contributed by atoms with van der Waals surface area (Å²) in [5.74, 6) is -1.02. The van der Waals surface area contributed by atoms with Crippen LogP contribution < -0.4 is 5.32 Å². The molecule has 0 aromatic heterocycles. The van der Waals surface area contributed by atoms with E-state index in [9.17, 15) is 14.7 Å². The van der Waals surface area contributed by atoms with Gasteiger partial charge in [0, 0.05) is 13.1 Å². The molecule has 6 heteroatoms. The first kappa shape index (κ1) is 15.8. The minimum absolute atomic E-state index is 0.0278. The Balaban J connectivity index is 2.45. The molecular weight excluding hydrogens is 248 g/mol. The van der Waals surface area contributed by atoms with Crippen molar-refractivity contribution in [3.63, 3.8) is 0 Å². The van der Waals surface area contributed by atoms with Crippen molar-refractivity contribution in [1.82, 2.24) is 10.2 Å². The van der Waals surface area contributed by atoms with E-state index in [-0.39, 0.29) is 24.6 Å². The number of carboxylic acids is 1. The fourth-order valence-corrected chi connectivity index (χ4v) is 2.14. The number of hydrogen-bond donors (Lipinski definition) is 3. The third kappa shape index (κ3) is 4.09. The van der Waals surface area contributed by atoms with Crippen molar-refractivity contribution >= 4 is 12.0 Å². The van der Waals surface area contributed by atoms with E-state index in [0.29, 0.717) is 25.7 Å². The summed E-state index contributed by atoms with van der Waals surface area (Å²) >= 11 is 0. The van der Waals surface area contributed by atoms with Crippen molar-refractivity contribution in [1.29, 1.82) is 0 Å². The van der Waals surface area contributed by atoms with E-state index in [1.165, 1.54) is 4.90 Å². The lowest BCUT2D eigenvalue weighted by Crippen LogP contribution is -2.54. The van der Waals surface area contributed by atoms with Crippen LogP contribution in [0.15, 0.2) is 0 Å². The summed E-state index contributed by atoms with van der Waals surface area (Å²) in [6, 6.07) is -0.196. The van der Waals surface area contributed by atoms with E-state index in [1.54, 1.807) is 20.9 Å². The number of amides is 2. The normalized spacial score (nSPS) is 23.8. The molecule has 0 unspecified atom stereocenters. The maximum absolute atomic E-state index is 12.0. The second kappa shape index (κ2) is 6.23. The molecule has 0 atom stereocenters. The fourth-order valence-electron chi connectivity index (χ4n) is 2.14. The highest BCUT2D eigenvalue weighted by Crippen LogP contribution is 2.24. The molecule has 0 aromatic carbocycles. The highest BCUT2D eigenvalue weighted by molar-refractivity contribution is 5.75. The number of nitrogens with one attached hydrogen (secondary N) is 1. The van der Waals surface area contributed by atoms with Crippen molar-refractivity contribution in [2.45, 2.75) is 51.1 Å². The lowest BCUT2D eigenvalue weighted by atomic mass is 9.86. The molecule has 0 radical (unpaired) electrons. The first-order valence-corrected chi connectivity index (χ1v) is 6.66. The van der Waals surface area contributed by atoms with E-state index in [1.807, 2.05) is 0 Å². The number of carbonyl (C=O) groups is 2. The van der Waals surface area contributed by atoms with Gasteiger partial charge in [0.25, 0.3) is 0 Å². The summed E-state index contributed by atoms with van der Waals surface area (Å²) in [6.45, 7) is 3.46. The Morgan fingerprint density at radius 2 is 1.79 bits per heavy atom. The molecule has 1 fully saturated rings. The minimum Gasteiger partial charge on any atom is -0.481 e. The molecule has 0 heterocycles. The number of rotatable bonds is 4. The largest absolute Gasteiger partial charge is 0.481 e. The number of carboxylic acid groups (broad SMARTS) is 1. The number of aliphatic hydroxyl groups is 1. The third-order valence-corrected chi connectivity index (χ3v) is 4.00. The van der Waals surface area contributed by atoms with Crippen molar-refractivity contribution in [3.8, 4) is 0 Å². The zero-order valence-corrected chi connectivity index (χ0v) is 11.8. The summed E-state index contributed by atoms with van der Waals surface area (Å²) in [7, 11) is 1.65. The van der Waals surface area contributed by atoms with Gasteiger partial charge in [0.15, 0.2) is 0 Å². The summed E-state index contributed by atoms with van der Waals surface area (Å²) < 4.78 is 0. The molecule has 1 rings (SSSR count). The zero-order chi connectivity index (χ0) is 14.6. The topological polar surface area (TPSA) is 89.9 Å². The zero-order valence-electron chi connectivity index (χ0n) is 11.8. The minimum atomic E-state index is -0.747. The Morgan fingerprint density at radius 3 is 2.21 bits per heavy atom. The third-order valence-electron chi connectivity index (χ3n) is 4.00. The summed E-state index contributed by atoms with van der Waals surface area (Å²) in [5.41, 5.74) is -0.609. The van der Waals surface area contributed by atoms with E-state index >= 15 is 0 Å². The Morgan fingerprint density at radius 1 is 1.26 bits per heavy atom. The van der Waals surface area contributed by atoms with Crippen LogP contribution in [0, 0.1) is 5.92 Å². The lowest BCUT2D eigenvalue weighted by Gasteiger charge is -2.36. The summed E-state index contributed by atoms with van der Waals surface area (Å²) in [4.78, 5) is 24.3. The van der Waals surface area contributed by atoms with E-state index in [0.717, 1.165) is 0 Å². The maximum Gasteiger partial charge on any atom is 0.317 e. The van der Waals surface area contributed by atoms with Gasteiger partial charge >= 0.3 is 12.0 Å². The number of nitrogens with zero attached hydrogens (tertiary/aromatic N) is 1. The van der Waals surface area contributed by atoms with Crippen molar-refractivity contribution in [3.05, 3.63) is 0 Å². The van der Waals surface area contributed by atoms with Crippen LogP contribution in [0.25, 0.3) is 0 Å². The lowest BCUT2D eigenvalue weighted by molar-refractivity contribution is -0.142. The molecule has 0 spiro atoms. The molecule has 0 aliphatic heterocycles. The fraction of sp³-hybridized carbons (Fsp3) is 0.846. The van der Waals surface area contributed by atoms with Crippen molar-refractivity contribution < 1.29 is 19.8 Å². The number of aliphatic carboxylic acids is 1. The molecule has 0 bridgehead atoms. The quantitative estimate of drug-likeness (QED) is 0.713. The highest BCUT2D eigenvalue weighted by Gasteiger charge is 2.30. The van der Waals surface area contributed by atoms with Crippen LogP contribution in [0.3, 0.4) is 0 Å². The molecule has 110 valence electrons. The molecule has 1 aliphatic carbocycles. The Hall–Kier alpha value is -1.30. The van der Waals surface area contributed by atoms with Crippen molar-refractivity contribution in [2.75, 3.05) is 13.7 Å². The standard InChI is InChI=1S/C13H24N2O4/c1-13(2,8-16)15(3)12(19)14-10-6-4-9(5-7-10)11(17)18/h9-10,16H,4-8H2,1-3H3,(H,14,19)(H,17,18). The van der Waals surface area contributed by atoms with Gasteiger partial charge in [-0.2, -0.15) is 0 Å². The van der Waals surface area contributed by atoms with Crippen LogP contribution in [0.5, 0.6) is 0 Å². The predicted molar refractivity (Wildman–Crippen MR) is 70.8 cm³/mol. The molecule has 0 aromatic rings. The molecular formula is C13H24N2O4. The van der Waals surface area contributed by atoms with Gasteiger partial charge in [-0.3, -0.25) is 4.79 Å². The van der Waals surface area contributed by atoms with Gasteiger partial charge in [-0.05, 0) is 39.5 Å². The number of likely N-dealkylation sites (N-methyl/N-ethyl adjacent to an activating group) is 1. The summed E-state index contributed by atoms with van der Waals surface area (Å²) in [6.07, 6.45) is 2.59.